The molecule has 138 valence electrons. The zero-order chi connectivity index (χ0) is 18.1. The summed E-state index contributed by atoms with van der Waals surface area (Å²) in [7, 11) is 0. The van der Waals surface area contributed by atoms with Crippen molar-refractivity contribution in [1.29, 1.82) is 0 Å². The zero-order valence-corrected chi connectivity index (χ0v) is 15.0. The second-order valence-electron chi connectivity index (χ2n) is 5.75. The molecule has 0 bridgehead atoms. The highest BCUT2D eigenvalue weighted by atomic mass is 16.4. The molecule has 0 aliphatic heterocycles. The molecule has 2 unspecified atom stereocenters. The quantitative estimate of drug-likeness (QED) is 0.386. The minimum Gasteiger partial charge on any atom is -0.481 e. The standard InChI is InChI=1S/C14H30N2O2.C3H6O2/c1-3-5-8-12(4-2)11-16-13(14(17)18)9-6-7-10-15;1-2-3(4)5/h12-13,16H,3-11,15H2,1-2H3,(H,17,18);2H2,1H3,(H,4,5). The van der Waals surface area contributed by atoms with E-state index in [0.717, 1.165) is 25.8 Å². The van der Waals surface area contributed by atoms with Crippen molar-refractivity contribution in [2.75, 3.05) is 13.1 Å². The number of hydrogen-bond acceptors (Lipinski definition) is 4. The molecule has 0 saturated heterocycles. The monoisotopic (exact) mass is 332 g/mol. The maximum absolute atomic E-state index is 11.1. The Morgan fingerprint density at radius 1 is 1.04 bits per heavy atom. The Bertz CT molecular complexity index is 298. The summed E-state index contributed by atoms with van der Waals surface area (Å²) in [6, 6.07) is -0.410. The average molecular weight is 332 g/mol. The number of aliphatic carboxylic acids is 2. The molecule has 0 aromatic rings. The van der Waals surface area contributed by atoms with Gasteiger partial charge in [-0.3, -0.25) is 9.59 Å². The Labute approximate surface area is 140 Å². The van der Waals surface area contributed by atoms with E-state index in [-0.39, 0.29) is 6.42 Å². The van der Waals surface area contributed by atoms with Gasteiger partial charge in [-0.2, -0.15) is 0 Å². The number of carboxylic acid groups (broad SMARTS) is 2. The van der Waals surface area contributed by atoms with E-state index in [2.05, 4.69) is 19.2 Å². The minimum atomic E-state index is -0.745. The fourth-order valence-electron chi connectivity index (χ4n) is 2.06. The van der Waals surface area contributed by atoms with Gasteiger partial charge < -0.3 is 21.3 Å². The zero-order valence-electron chi connectivity index (χ0n) is 15.0. The molecule has 23 heavy (non-hydrogen) atoms. The number of carbonyl (C=O) groups is 2. The van der Waals surface area contributed by atoms with Gasteiger partial charge >= 0.3 is 11.9 Å². The second-order valence-corrected chi connectivity index (χ2v) is 5.75. The fourth-order valence-corrected chi connectivity index (χ4v) is 2.06. The third kappa shape index (κ3) is 17.1. The molecule has 0 radical (unpaired) electrons. The number of nitrogens with two attached hydrogens (primary N) is 1. The van der Waals surface area contributed by atoms with Crippen LogP contribution in [0.15, 0.2) is 0 Å². The lowest BCUT2D eigenvalue weighted by molar-refractivity contribution is -0.140. The van der Waals surface area contributed by atoms with Crippen LogP contribution in [0, 0.1) is 5.92 Å². The summed E-state index contributed by atoms with van der Waals surface area (Å²) in [5.74, 6) is -0.885. The molecule has 5 N–H and O–H groups in total. The molecule has 0 aliphatic carbocycles. The summed E-state index contributed by atoms with van der Waals surface area (Å²) in [5.41, 5.74) is 5.42. The number of hydrogen-bond donors (Lipinski definition) is 4. The molecule has 0 aromatic heterocycles. The summed E-state index contributed by atoms with van der Waals surface area (Å²) < 4.78 is 0. The highest BCUT2D eigenvalue weighted by molar-refractivity contribution is 5.73. The molecule has 6 nitrogen and oxygen atoms in total. The first-order chi connectivity index (χ1) is 10.9. The van der Waals surface area contributed by atoms with Crippen LogP contribution in [-0.4, -0.2) is 41.3 Å². The summed E-state index contributed by atoms with van der Waals surface area (Å²) in [6.07, 6.45) is 7.42. The summed E-state index contributed by atoms with van der Waals surface area (Å²) in [5, 5.41) is 20.1. The van der Waals surface area contributed by atoms with Crippen LogP contribution >= 0.6 is 0 Å². The van der Waals surface area contributed by atoms with E-state index in [1.807, 2.05) is 0 Å². The van der Waals surface area contributed by atoms with Crippen molar-refractivity contribution in [1.82, 2.24) is 5.32 Å². The number of nitrogens with one attached hydrogen (secondary N) is 1. The van der Waals surface area contributed by atoms with E-state index in [9.17, 15) is 9.59 Å². The van der Waals surface area contributed by atoms with Crippen molar-refractivity contribution in [3.05, 3.63) is 0 Å². The number of carboxylic acids is 2. The van der Waals surface area contributed by atoms with Gasteiger partial charge in [-0.1, -0.05) is 46.5 Å². The Balaban J connectivity index is 0. The molecule has 0 aromatic carbocycles. The third-order valence-electron chi connectivity index (χ3n) is 3.74. The topological polar surface area (TPSA) is 113 Å². The molecular formula is C17H36N2O4. The smallest absolute Gasteiger partial charge is 0.320 e. The molecule has 2 atom stereocenters. The average Bonchev–Trinajstić information content (AvgIpc) is 2.53. The predicted molar refractivity (Wildman–Crippen MR) is 93.6 cm³/mol. The van der Waals surface area contributed by atoms with E-state index in [0.29, 0.717) is 18.9 Å². The first-order valence-corrected chi connectivity index (χ1v) is 8.80. The highest BCUT2D eigenvalue weighted by Gasteiger charge is 2.17. The third-order valence-corrected chi connectivity index (χ3v) is 3.74. The van der Waals surface area contributed by atoms with Crippen LogP contribution in [0.4, 0.5) is 0 Å². The molecular weight excluding hydrogens is 296 g/mol. The Morgan fingerprint density at radius 3 is 2.04 bits per heavy atom. The Kier molecular flexibility index (Phi) is 18.1. The van der Waals surface area contributed by atoms with Gasteiger partial charge in [0.15, 0.2) is 0 Å². The molecule has 0 amide bonds. The maximum Gasteiger partial charge on any atom is 0.320 e. The highest BCUT2D eigenvalue weighted by Crippen LogP contribution is 2.12. The van der Waals surface area contributed by atoms with Crippen LogP contribution in [0.25, 0.3) is 0 Å². The van der Waals surface area contributed by atoms with Crippen molar-refractivity contribution >= 4 is 11.9 Å². The van der Waals surface area contributed by atoms with Crippen LogP contribution in [0.1, 0.15) is 72.1 Å². The van der Waals surface area contributed by atoms with Crippen molar-refractivity contribution in [2.45, 2.75) is 78.2 Å². The van der Waals surface area contributed by atoms with E-state index < -0.39 is 18.0 Å². The second kappa shape index (κ2) is 17.2. The molecule has 0 spiro atoms. The SMILES string of the molecule is CCC(=O)O.CCCCC(CC)CNC(CCCCN)C(=O)O. The van der Waals surface area contributed by atoms with Gasteiger partial charge in [0.2, 0.25) is 0 Å². The minimum absolute atomic E-state index is 0.222. The number of unbranched alkanes of at least 4 members (excludes halogenated alkanes) is 2. The van der Waals surface area contributed by atoms with Crippen LogP contribution in [-0.2, 0) is 9.59 Å². The molecule has 0 fully saturated rings. The van der Waals surface area contributed by atoms with Crippen LogP contribution in [0.3, 0.4) is 0 Å². The first-order valence-electron chi connectivity index (χ1n) is 8.80. The molecule has 0 aliphatic rings. The van der Waals surface area contributed by atoms with E-state index in [1.165, 1.54) is 19.3 Å². The van der Waals surface area contributed by atoms with Gasteiger partial charge in [-0.15, -0.1) is 0 Å². The van der Waals surface area contributed by atoms with E-state index in [4.69, 9.17) is 15.9 Å². The molecule has 0 rings (SSSR count). The van der Waals surface area contributed by atoms with Crippen molar-refractivity contribution < 1.29 is 19.8 Å². The summed E-state index contributed by atoms with van der Waals surface area (Å²) in [4.78, 5) is 20.5. The lowest BCUT2D eigenvalue weighted by atomic mass is 9.98. The predicted octanol–water partition coefficient (Wildman–Crippen LogP) is 2.86. The summed E-state index contributed by atoms with van der Waals surface area (Å²) >= 11 is 0. The first kappa shape index (κ1) is 24.1. The van der Waals surface area contributed by atoms with Gasteiger partial charge in [-0.05, 0) is 38.3 Å². The number of rotatable bonds is 13. The molecule has 6 heteroatoms. The fraction of sp³-hybridized carbons (Fsp3) is 0.882. The maximum atomic E-state index is 11.1. The molecule has 0 heterocycles. The van der Waals surface area contributed by atoms with E-state index in [1.54, 1.807) is 6.92 Å². The Hall–Kier alpha value is -1.14. The van der Waals surface area contributed by atoms with Gasteiger partial charge in [0.05, 0.1) is 0 Å². The van der Waals surface area contributed by atoms with Gasteiger partial charge in [0.1, 0.15) is 6.04 Å². The normalized spacial score (nSPS) is 12.9. The van der Waals surface area contributed by atoms with Crippen LogP contribution < -0.4 is 11.1 Å². The van der Waals surface area contributed by atoms with Crippen LogP contribution in [0.5, 0.6) is 0 Å². The van der Waals surface area contributed by atoms with Crippen molar-refractivity contribution in [3.63, 3.8) is 0 Å². The Morgan fingerprint density at radius 2 is 1.65 bits per heavy atom. The molecule has 0 saturated carbocycles. The van der Waals surface area contributed by atoms with Crippen molar-refractivity contribution in [3.8, 4) is 0 Å². The lowest BCUT2D eigenvalue weighted by Crippen LogP contribution is -2.39. The van der Waals surface area contributed by atoms with E-state index >= 15 is 0 Å². The van der Waals surface area contributed by atoms with Crippen molar-refractivity contribution in [2.24, 2.45) is 11.7 Å². The van der Waals surface area contributed by atoms with Gasteiger partial charge in [-0.25, -0.2) is 0 Å². The lowest BCUT2D eigenvalue weighted by Gasteiger charge is -2.19. The van der Waals surface area contributed by atoms with Gasteiger partial charge in [0, 0.05) is 6.42 Å². The summed E-state index contributed by atoms with van der Waals surface area (Å²) in [6.45, 7) is 7.41. The van der Waals surface area contributed by atoms with Gasteiger partial charge in [0.25, 0.3) is 0 Å². The largest absolute Gasteiger partial charge is 0.481 e. The van der Waals surface area contributed by atoms with Crippen LogP contribution in [0.2, 0.25) is 0 Å².